The highest BCUT2D eigenvalue weighted by atomic mass is 16.5. The van der Waals surface area contributed by atoms with Crippen molar-refractivity contribution >= 4 is 11.9 Å². The minimum Gasteiger partial charge on any atom is -0.463 e. The highest BCUT2D eigenvalue weighted by molar-refractivity contribution is 5.95. The lowest BCUT2D eigenvalue weighted by Gasteiger charge is -2.20. The molecule has 2 rings (SSSR count). The molecule has 7 heteroatoms. The first-order valence-electron chi connectivity index (χ1n) is 5.64. The van der Waals surface area contributed by atoms with Gasteiger partial charge in [-0.25, -0.2) is 5.10 Å². The Morgan fingerprint density at radius 1 is 1.71 bits per heavy atom. The van der Waals surface area contributed by atoms with Crippen LogP contribution in [0, 0.1) is 0 Å². The maximum atomic E-state index is 11.9. The molecule has 0 aliphatic carbocycles. The number of carbonyl (C=O) groups excluding carboxylic acids is 1. The molecule has 1 aliphatic heterocycles. The Bertz CT molecular complexity index is 398. The van der Waals surface area contributed by atoms with Gasteiger partial charge in [-0.1, -0.05) is 0 Å². The van der Waals surface area contributed by atoms with Gasteiger partial charge in [0, 0.05) is 6.61 Å². The summed E-state index contributed by atoms with van der Waals surface area (Å²) in [5, 5.41) is 9.01. The minimum absolute atomic E-state index is 0.214. The summed E-state index contributed by atoms with van der Waals surface area (Å²) in [6, 6.07) is 0.222. The summed E-state index contributed by atoms with van der Waals surface area (Å²) in [6.07, 6.45) is 1.61. The predicted molar refractivity (Wildman–Crippen MR) is 59.8 cm³/mol. The summed E-state index contributed by atoms with van der Waals surface area (Å²) in [5.41, 5.74) is -0.765. The monoisotopic (exact) mass is 240 g/mol. The Hall–Kier alpha value is -1.63. The molecular formula is C10H16N4O3. The van der Waals surface area contributed by atoms with E-state index in [0.717, 1.165) is 6.42 Å². The van der Waals surface area contributed by atoms with Crippen LogP contribution in [-0.4, -0.2) is 39.9 Å². The molecule has 0 radical (unpaired) electrons. The average molecular weight is 240 g/mol. The number of H-pyrrole nitrogens is 1. The number of aromatic nitrogens is 3. The van der Waals surface area contributed by atoms with Crippen LogP contribution in [0.3, 0.4) is 0 Å². The van der Waals surface area contributed by atoms with Gasteiger partial charge < -0.3 is 9.47 Å². The van der Waals surface area contributed by atoms with Gasteiger partial charge in [0.2, 0.25) is 5.95 Å². The summed E-state index contributed by atoms with van der Waals surface area (Å²) in [7, 11) is 0. The maximum absolute atomic E-state index is 11.9. The first kappa shape index (κ1) is 11.8. The number of anilines is 1. The lowest BCUT2D eigenvalue weighted by molar-refractivity contribution is -0.133. The van der Waals surface area contributed by atoms with Gasteiger partial charge in [-0.3, -0.25) is 10.1 Å². The Labute approximate surface area is 98.9 Å². The number of hydrogen-bond acceptors (Lipinski definition) is 5. The molecule has 1 aliphatic rings. The fourth-order valence-corrected chi connectivity index (χ4v) is 1.69. The molecule has 1 fully saturated rings. The first-order valence-corrected chi connectivity index (χ1v) is 5.64. The molecule has 2 N–H and O–H groups in total. The van der Waals surface area contributed by atoms with Crippen molar-refractivity contribution < 1.29 is 14.3 Å². The Balaban J connectivity index is 1.97. The zero-order valence-electron chi connectivity index (χ0n) is 9.95. The van der Waals surface area contributed by atoms with Crippen molar-refractivity contribution in [2.75, 3.05) is 18.5 Å². The average Bonchev–Trinajstić information content (AvgIpc) is 2.90. The van der Waals surface area contributed by atoms with Crippen LogP contribution in [0.5, 0.6) is 6.01 Å². The van der Waals surface area contributed by atoms with Crippen molar-refractivity contribution in [2.45, 2.75) is 32.3 Å². The molecule has 17 heavy (non-hydrogen) atoms. The summed E-state index contributed by atoms with van der Waals surface area (Å²) < 4.78 is 10.5. The molecular weight excluding hydrogens is 224 g/mol. The quantitative estimate of drug-likeness (QED) is 0.809. The lowest BCUT2D eigenvalue weighted by atomic mass is 10.0. The Kier molecular flexibility index (Phi) is 3.28. The van der Waals surface area contributed by atoms with Crippen LogP contribution < -0.4 is 10.1 Å². The third-order valence-electron chi connectivity index (χ3n) is 2.67. The molecule has 1 amide bonds. The second-order valence-corrected chi connectivity index (χ2v) is 4.04. The van der Waals surface area contributed by atoms with Crippen LogP contribution in [0.1, 0.15) is 26.7 Å². The fourth-order valence-electron chi connectivity index (χ4n) is 1.69. The van der Waals surface area contributed by atoms with E-state index >= 15 is 0 Å². The maximum Gasteiger partial charge on any atom is 0.337 e. The normalized spacial score (nSPS) is 23.6. The van der Waals surface area contributed by atoms with Gasteiger partial charge in [-0.15, -0.1) is 5.10 Å². The van der Waals surface area contributed by atoms with Crippen LogP contribution >= 0.6 is 0 Å². The van der Waals surface area contributed by atoms with Crippen LogP contribution in [0.15, 0.2) is 0 Å². The highest BCUT2D eigenvalue weighted by Crippen LogP contribution is 2.26. The van der Waals surface area contributed by atoms with Gasteiger partial charge in [0.05, 0.1) is 6.61 Å². The molecule has 7 nitrogen and oxygen atoms in total. The molecule has 0 spiro atoms. The van der Waals surface area contributed by atoms with Gasteiger partial charge in [0.15, 0.2) is 0 Å². The van der Waals surface area contributed by atoms with E-state index < -0.39 is 5.60 Å². The predicted octanol–water partition coefficient (Wildman–Crippen LogP) is 0.711. The molecule has 1 unspecified atom stereocenters. The molecule has 2 heterocycles. The first-order chi connectivity index (χ1) is 8.14. The number of hydrogen-bond donors (Lipinski definition) is 2. The highest BCUT2D eigenvalue weighted by Gasteiger charge is 2.38. The largest absolute Gasteiger partial charge is 0.463 e. The van der Waals surface area contributed by atoms with E-state index in [1.165, 1.54) is 0 Å². The molecule has 0 bridgehead atoms. The van der Waals surface area contributed by atoms with E-state index in [9.17, 15) is 4.79 Å². The zero-order chi connectivity index (χ0) is 12.3. The number of nitrogens with one attached hydrogen (secondary N) is 2. The second kappa shape index (κ2) is 4.70. The minimum atomic E-state index is -0.765. The van der Waals surface area contributed by atoms with Gasteiger partial charge in [0.1, 0.15) is 5.60 Å². The molecule has 1 aromatic rings. The molecule has 0 saturated carbocycles. The molecule has 1 atom stereocenters. The zero-order valence-corrected chi connectivity index (χ0v) is 9.95. The SMILES string of the molecule is CCOc1n[nH]c(NC(=O)C2(C)CCCO2)n1. The van der Waals surface area contributed by atoms with Crippen molar-refractivity contribution in [3.63, 3.8) is 0 Å². The topological polar surface area (TPSA) is 89.1 Å². The van der Waals surface area contributed by atoms with Crippen molar-refractivity contribution in [3.05, 3.63) is 0 Å². The molecule has 1 aromatic heterocycles. The summed E-state index contributed by atoms with van der Waals surface area (Å²) in [4.78, 5) is 15.9. The van der Waals surface area contributed by atoms with Crippen molar-refractivity contribution in [2.24, 2.45) is 0 Å². The van der Waals surface area contributed by atoms with Crippen molar-refractivity contribution in [1.29, 1.82) is 0 Å². The van der Waals surface area contributed by atoms with Crippen molar-refractivity contribution in [1.82, 2.24) is 15.2 Å². The smallest absolute Gasteiger partial charge is 0.337 e. The van der Waals surface area contributed by atoms with E-state index in [-0.39, 0.29) is 17.9 Å². The molecule has 0 aromatic carbocycles. The Morgan fingerprint density at radius 3 is 3.18 bits per heavy atom. The Morgan fingerprint density at radius 2 is 2.53 bits per heavy atom. The number of aromatic amines is 1. The van der Waals surface area contributed by atoms with Crippen LogP contribution in [0.4, 0.5) is 5.95 Å². The number of nitrogens with zero attached hydrogens (tertiary/aromatic N) is 2. The third kappa shape index (κ3) is 2.55. The van der Waals surface area contributed by atoms with Gasteiger partial charge in [-0.2, -0.15) is 4.98 Å². The molecule has 1 saturated heterocycles. The number of amides is 1. The lowest BCUT2D eigenvalue weighted by Crippen LogP contribution is -2.39. The third-order valence-corrected chi connectivity index (χ3v) is 2.67. The second-order valence-electron chi connectivity index (χ2n) is 4.04. The van der Waals surface area contributed by atoms with Crippen LogP contribution in [0.2, 0.25) is 0 Å². The van der Waals surface area contributed by atoms with E-state index in [4.69, 9.17) is 9.47 Å². The van der Waals surface area contributed by atoms with Gasteiger partial charge in [-0.05, 0) is 26.7 Å². The summed E-state index contributed by atoms with van der Waals surface area (Å²) >= 11 is 0. The number of ether oxygens (including phenoxy) is 2. The van der Waals surface area contributed by atoms with E-state index in [0.29, 0.717) is 19.6 Å². The summed E-state index contributed by atoms with van der Waals surface area (Å²) in [6.45, 7) is 4.70. The fraction of sp³-hybridized carbons (Fsp3) is 0.700. The van der Waals surface area contributed by atoms with E-state index in [1.54, 1.807) is 6.92 Å². The van der Waals surface area contributed by atoms with Gasteiger partial charge >= 0.3 is 6.01 Å². The van der Waals surface area contributed by atoms with E-state index in [1.807, 2.05) is 6.92 Å². The number of rotatable bonds is 4. The number of carbonyl (C=O) groups is 1. The molecule has 94 valence electrons. The van der Waals surface area contributed by atoms with Gasteiger partial charge in [0.25, 0.3) is 5.91 Å². The summed E-state index contributed by atoms with van der Waals surface area (Å²) in [5.74, 6) is 0.0596. The van der Waals surface area contributed by atoms with E-state index in [2.05, 4.69) is 20.5 Å². The van der Waals surface area contributed by atoms with Crippen LogP contribution in [-0.2, 0) is 9.53 Å². The standard InChI is InChI=1S/C10H16N4O3/c1-3-16-9-12-8(13-14-9)11-7(15)10(2)5-4-6-17-10/h3-6H2,1-2H3,(H2,11,12,13,14,15). The van der Waals surface area contributed by atoms with Crippen LogP contribution in [0.25, 0.3) is 0 Å². The van der Waals surface area contributed by atoms with Crippen molar-refractivity contribution in [3.8, 4) is 6.01 Å².